The summed E-state index contributed by atoms with van der Waals surface area (Å²) in [4.78, 5) is 0.237. The Labute approximate surface area is 182 Å². The van der Waals surface area contributed by atoms with Gasteiger partial charge in [-0.15, -0.1) is 0 Å². The van der Waals surface area contributed by atoms with Crippen molar-refractivity contribution in [1.82, 2.24) is 19.5 Å². The molecule has 2 aromatic carbocycles. The summed E-state index contributed by atoms with van der Waals surface area (Å²) in [6, 6.07) is 18.0. The molecule has 3 aromatic rings. The van der Waals surface area contributed by atoms with E-state index in [2.05, 4.69) is 14.9 Å². The molecular formula is C22H26N4O2S2. The number of aromatic amines is 1. The second kappa shape index (κ2) is 9.24. The van der Waals surface area contributed by atoms with E-state index in [9.17, 15) is 8.42 Å². The largest absolute Gasteiger partial charge is 0.300 e. The van der Waals surface area contributed by atoms with Crippen molar-refractivity contribution in [2.75, 3.05) is 0 Å². The number of sulfonamides is 1. The van der Waals surface area contributed by atoms with Crippen LogP contribution in [0.2, 0.25) is 0 Å². The summed E-state index contributed by atoms with van der Waals surface area (Å²) in [6.07, 6.45) is 6.07. The second-order valence-electron chi connectivity index (χ2n) is 7.73. The molecule has 1 atom stereocenters. The monoisotopic (exact) mass is 442 g/mol. The Morgan fingerprint density at radius 3 is 2.33 bits per heavy atom. The highest BCUT2D eigenvalue weighted by Gasteiger charge is 2.29. The van der Waals surface area contributed by atoms with Gasteiger partial charge in [0.05, 0.1) is 10.9 Å². The minimum absolute atomic E-state index is 0.237. The molecule has 0 spiro atoms. The maximum atomic E-state index is 13.1. The Hall–Kier alpha value is -2.29. The van der Waals surface area contributed by atoms with Gasteiger partial charge in [-0.05, 0) is 49.2 Å². The van der Waals surface area contributed by atoms with Crippen molar-refractivity contribution in [3.05, 3.63) is 76.8 Å². The lowest BCUT2D eigenvalue weighted by Crippen LogP contribution is -2.33. The molecule has 0 unspecified atom stereocenters. The average Bonchev–Trinajstić information content (AvgIpc) is 3.16. The fraction of sp³-hybridized carbons (Fsp3) is 0.364. The highest BCUT2D eigenvalue weighted by Crippen LogP contribution is 2.31. The Bertz CT molecular complexity index is 1120. The zero-order valence-electron chi connectivity index (χ0n) is 16.7. The molecule has 4 rings (SSSR count). The van der Waals surface area contributed by atoms with Crippen LogP contribution in [0.25, 0.3) is 0 Å². The molecule has 158 valence electrons. The topological polar surface area (TPSA) is 79.8 Å². The summed E-state index contributed by atoms with van der Waals surface area (Å²) < 4.78 is 31.7. The third-order valence-corrected chi connectivity index (χ3v) is 7.39. The predicted octanol–water partition coefficient (Wildman–Crippen LogP) is 4.71. The first-order valence-electron chi connectivity index (χ1n) is 10.3. The van der Waals surface area contributed by atoms with Crippen LogP contribution in [0, 0.1) is 4.77 Å². The van der Waals surface area contributed by atoms with Gasteiger partial charge in [0.1, 0.15) is 5.82 Å². The van der Waals surface area contributed by atoms with Gasteiger partial charge in [0.2, 0.25) is 10.0 Å². The van der Waals surface area contributed by atoms with E-state index in [0.717, 1.165) is 31.2 Å². The Morgan fingerprint density at radius 2 is 1.67 bits per heavy atom. The van der Waals surface area contributed by atoms with Crippen molar-refractivity contribution < 1.29 is 8.42 Å². The van der Waals surface area contributed by atoms with Crippen LogP contribution in [-0.2, 0) is 16.4 Å². The smallest absolute Gasteiger partial charge is 0.241 e. The van der Waals surface area contributed by atoms with E-state index < -0.39 is 16.1 Å². The van der Waals surface area contributed by atoms with E-state index in [0.29, 0.717) is 17.0 Å². The van der Waals surface area contributed by atoms with E-state index in [1.54, 1.807) is 30.3 Å². The first-order valence-corrected chi connectivity index (χ1v) is 12.2. The van der Waals surface area contributed by atoms with E-state index in [1.807, 2.05) is 34.9 Å². The van der Waals surface area contributed by atoms with Crippen LogP contribution in [0.5, 0.6) is 0 Å². The van der Waals surface area contributed by atoms with E-state index in [4.69, 9.17) is 12.2 Å². The molecule has 1 saturated carbocycles. The number of hydrogen-bond donors (Lipinski definition) is 2. The lowest BCUT2D eigenvalue weighted by molar-refractivity contribution is 0.335. The van der Waals surface area contributed by atoms with Crippen LogP contribution < -0.4 is 4.72 Å². The van der Waals surface area contributed by atoms with Crippen LogP contribution in [0.15, 0.2) is 65.6 Å². The van der Waals surface area contributed by atoms with Crippen molar-refractivity contribution in [3.63, 3.8) is 0 Å². The van der Waals surface area contributed by atoms with Crippen LogP contribution >= 0.6 is 12.2 Å². The number of nitrogens with one attached hydrogen (secondary N) is 2. The Morgan fingerprint density at radius 1 is 1.03 bits per heavy atom. The van der Waals surface area contributed by atoms with Gasteiger partial charge in [-0.3, -0.25) is 9.67 Å². The van der Waals surface area contributed by atoms with Crippen LogP contribution in [0.3, 0.4) is 0 Å². The standard InChI is InChI=1S/C22H26N4O2S2/c27-30(28,19-14-8-3-9-15-19)25-20(16-17-10-4-1-5-11-17)21-23-24-22(29)26(21)18-12-6-2-7-13-18/h1,3-5,8-11,14-15,18,20,25H,2,6-7,12-13,16H2,(H,24,29)/t20-/m0/s1. The number of benzene rings is 2. The summed E-state index contributed by atoms with van der Waals surface area (Å²) in [5.74, 6) is 0.648. The van der Waals surface area contributed by atoms with Crippen molar-refractivity contribution in [1.29, 1.82) is 0 Å². The van der Waals surface area contributed by atoms with Crippen LogP contribution in [0.1, 0.15) is 55.6 Å². The summed E-state index contributed by atoms with van der Waals surface area (Å²) in [6.45, 7) is 0. The number of hydrogen-bond acceptors (Lipinski definition) is 4. The number of aromatic nitrogens is 3. The first kappa shape index (κ1) is 21.0. The lowest BCUT2D eigenvalue weighted by Gasteiger charge is -2.27. The minimum Gasteiger partial charge on any atom is -0.300 e. The fourth-order valence-corrected chi connectivity index (χ4v) is 5.65. The number of H-pyrrole nitrogens is 1. The molecule has 0 bridgehead atoms. The molecule has 0 saturated heterocycles. The molecule has 1 heterocycles. The molecule has 1 aromatic heterocycles. The van der Waals surface area contributed by atoms with Crippen LogP contribution in [0.4, 0.5) is 0 Å². The SMILES string of the molecule is O=S(=O)(N[C@@H](Cc1ccccc1)c1n[nH]c(=S)n1C1CCCCC1)c1ccccc1. The van der Waals surface area contributed by atoms with Crippen LogP contribution in [-0.4, -0.2) is 23.2 Å². The van der Waals surface area contributed by atoms with Gasteiger partial charge in [-0.1, -0.05) is 67.8 Å². The fourth-order valence-electron chi connectivity index (χ4n) is 4.15. The molecular weight excluding hydrogens is 416 g/mol. The predicted molar refractivity (Wildman–Crippen MR) is 119 cm³/mol. The third kappa shape index (κ3) is 4.71. The maximum Gasteiger partial charge on any atom is 0.241 e. The van der Waals surface area contributed by atoms with Gasteiger partial charge in [-0.2, -0.15) is 5.10 Å². The van der Waals surface area contributed by atoms with Gasteiger partial charge in [0.15, 0.2) is 4.77 Å². The van der Waals surface area contributed by atoms with Gasteiger partial charge in [-0.25, -0.2) is 13.1 Å². The summed E-state index contributed by atoms with van der Waals surface area (Å²) in [7, 11) is -3.72. The van der Waals surface area contributed by atoms with E-state index >= 15 is 0 Å². The number of rotatable bonds is 7. The molecule has 0 aliphatic heterocycles. The summed E-state index contributed by atoms with van der Waals surface area (Å²) >= 11 is 5.54. The summed E-state index contributed by atoms with van der Waals surface area (Å²) in [5.41, 5.74) is 1.03. The zero-order valence-corrected chi connectivity index (χ0v) is 18.3. The molecule has 8 heteroatoms. The normalized spacial score (nSPS) is 16.4. The highest BCUT2D eigenvalue weighted by molar-refractivity contribution is 7.89. The quantitative estimate of drug-likeness (QED) is 0.520. The van der Waals surface area contributed by atoms with Crippen molar-refractivity contribution in [3.8, 4) is 0 Å². The maximum absolute atomic E-state index is 13.1. The third-order valence-electron chi connectivity index (χ3n) is 5.62. The molecule has 0 amide bonds. The van der Waals surface area contributed by atoms with Gasteiger partial charge in [0.25, 0.3) is 0 Å². The Balaban J connectivity index is 1.72. The molecule has 1 fully saturated rings. The highest BCUT2D eigenvalue weighted by atomic mass is 32.2. The Kier molecular flexibility index (Phi) is 6.46. The molecule has 0 radical (unpaired) electrons. The van der Waals surface area contributed by atoms with Gasteiger partial charge in [0, 0.05) is 6.04 Å². The van der Waals surface area contributed by atoms with E-state index in [-0.39, 0.29) is 10.9 Å². The molecule has 2 N–H and O–H groups in total. The minimum atomic E-state index is -3.72. The van der Waals surface area contributed by atoms with Gasteiger partial charge >= 0.3 is 0 Å². The average molecular weight is 443 g/mol. The van der Waals surface area contributed by atoms with Crippen molar-refractivity contribution >= 4 is 22.2 Å². The summed E-state index contributed by atoms with van der Waals surface area (Å²) in [5, 5.41) is 7.39. The first-order chi connectivity index (χ1) is 14.5. The van der Waals surface area contributed by atoms with Crippen molar-refractivity contribution in [2.45, 2.75) is 55.5 Å². The second-order valence-corrected chi connectivity index (χ2v) is 9.83. The molecule has 30 heavy (non-hydrogen) atoms. The lowest BCUT2D eigenvalue weighted by atomic mass is 9.95. The number of nitrogens with zero attached hydrogens (tertiary/aromatic N) is 2. The molecule has 6 nitrogen and oxygen atoms in total. The zero-order chi connectivity index (χ0) is 21.0. The van der Waals surface area contributed by atoms with Crippen molar-refractivity contribution in [2.24, 2.45) is 0 Å². The molecule has 1 aliphatic carbocycles. The van der Waals surface area contributed by atoms with E-state index in [1.165, 1.54) is 6.42 Å². The van der Waals surface area contributed by atoms with Gasteiger partial charge < -0.3 is 0 Å². The molecule has 1 aliphatic rings.